The van der Waals surface area contributed by atoms with Crippen molar-refractivity contribution >= 4 is 20.0 Å². The minimum absolute atomic E-state index is 0.0611. The van der Waals surface area contributed by atoms with E-state index in [1.165, 1.54) is 7.11 Å². The van der Waals surface area contributed by atoms with Gasteiger partial charge in [-0.25, -0.2) is 0 Å². The van der Waals surface area contributed by atoms with E-state index in [0.717, 1.165) is 32.8 Å². The summed E-state index contributed by atoms with van der Waals surface area (Å²) in [6.45, 7) is 8.22. The molecule has 2 N–H and O–H groups in total. The van der Waals surface area contributed by atoms with Crippen molar-refractivity contribution in [3.05, 3.63) is 0 Å². The fourth-order valence-electron chi connectivity index (χ4n) is 2.98. The Morgan fingerprint density at radius 1 is 1.32 bits per heavy atom. The van der Waals surface area contributed by atoms with E-state index in [2.05, 4.69) is 15.0 Å². The van der Waals surface area contributed by atoms with Crippen LogP contribution < -0.4 is 5.32 Å². The molecule has 164 valence electrons. The van der Waals surface area contributed by atoms with Crippen LogP contribution in [0.5, 0.6) is 0 Å². The van der Waals surface area contributed by atoms with E-state index in [9.17, 15) is 14.5 Å². The van der Waals surface area contributed by atoms with Crippen molar-refractivity contribution < 1.29 is 37.5 Å². The van der Waals surface area contributed by atoms with E-state index in [0.29, 0.717) is 6.42 Å². The first-order chi connectivity index (χ1) is 13.3. The molecule has 28 heavy (non-hydrogen) atoms. The third-order valence-electron chi connectivity index (χ3n) is 4.70. The maximum atomic E-state index is 12.5. The van der Waals surface area contributed by atoms with Gasteiger partial charge in [0.15, 0.2) is 0 Å². The predicted molar refractivity (Wildman–Crippen MR) is 103 cm³/mol. The summed E-state index contributed by atoms with van der Waals surface area (Å²) in [5.74, 6) is -0.831. The van der Waals surface area contributed by atoms with E-state index in [-0.39, 0.29) is 26.2 Å². The second-order valence-electron chi connectivity index (χ2n) is 7.57. The molecule has 0 aliphatic carbocycles. The van der Waals surface area contributed by atoms with Crippen LogP contribution in [0.15, 0.2) is 0 Å². The number of esters is 1. The molecule has 2 fully saturated rings. The summed E-state index contributed by atoms with van der Waals surface area (Å²) < 4.78 is 26.5. The molecule has 2 heterocycles. The van der Waals surface area contributed by atoms with E-state index in [1.54, 1.807) is 0 Å². The summed E-state index contributed by atoms with van der Waals surface area (Å²) in [5.41, 5.74) is -0.647. The molecule has 0 aromatic carbocycles. The van der Waals surface area contributed by atoms with Crippen LogP contribution in [0, 0.1) is 5.41 Å². The van der Waals surface area contributed by atoms with Gasteiger partial charge in [-0.1, -0.05) is 0 Å². The van der Waals surface area contributed by atoms with Gasteiger partial charge in [0.05, 0.1) is 0 Å². The topological polar surface area (TPSA) is 116 Å². The zero-order valence-corrected chi connectivity index (χ0v) is 17.9. The van der Waals surface area contributed by atoms with Gasteiger partial charge in [0.25, 0.3) is 0 Å². The van der Waals surface area contributed by atoms with Crippen molar-refractivity contribution in [2.75, 3.05) is 59.7 Å². The SMILES string of the molecule is COC(=O)CCNC(=O)[C@@H]1O[PH](O)(OCCCN2CCOCC2)OCC1(C)C. The molecule has 2 saturated heterocycles. The van der Waals surface area contributed by atoms with Crippen LogP contribution >= 0.6 is 8.17 Å². The number of carbonyl (C=O) groups excluding carboxylic acids is 2. The fourth-order valence-corrected chi connectivity index (χ4v) is 4.88. The van der Waals surface area contributed by atoms with Crippen molar-refractivity contribution in [2.45, 2.75) is 32.8 Å². The first kappa shape index (κ1) is 23.4. The van der Waals surface area contributed by atoms with Crippen LogP contribution in [0.2, 0.25) is 0 Å². The van der Waals surface area contributed by atoms with Gasteiger partial charge >= 0.3 is 166 Å². The minimum atomic E-state index is -3.90. The summed E-state index contributed by atoms with van der Waals surface area (Å²) in [6.07, 6.45) is -0.164. The monoisotopic (exact) mass is 424 g/mol. The number of hydrogen-bond acceptors (Lipinski definition) is 9. The molecule has 1 atom stereocenters. The summed E-state index contributed by atoms with van der Waals surface area (Å²) in [4.78, 5) is 36.5. The first-order valence-electron chi connectivity index (χ1n) is 9.58. The molecule has 0 aromatic rings. The van der Waals surface area contributed by atoms with Gasteiger partial charge in [0, 0.05) is 0 Å². The summed E-state index contributed by atoms with van der Waals surface area (Å²) >= 11 is 0. The zero-order chi connectivity index (χ0) is 20.6. The van der Waals surface area contributed by atoms with E-state index in [4.69, 9.17) is 18.3 Å². The second kappa shape index (κ2) is 10.8. The normalized spacial score (nSPS) is 25.6. The van der Waals surface area contributed by atoms with Gasteiger partial charge in [-0.2, -0.15) is 0 Å². The van der Waals surface area contributed by atoms with Crippen LogP contribution in [-0.2, 0) is 32.6 Å². The Labute approximate surface area is 166 Å². The molecule has 0 bridgehead atoms. The van der Waals surface area contributed by atoms with E-state index in [1.807, 2.05) is 13.8 Å². The third kappa shape index (κ3) is 7.18. The Bertz CT molecular complexity index is 529. The number of methoxy groups -OCH3 is 1. The van der Waals surface area contributed by atoms with E-state index >= 15 is 0 Å². The Hall–Kier alpha value is -0.870. The number of hydrogen-bond donors (Lipinski definition) is 2. The Morgan fingerprint density at radius 2 is 2.04 bits per heavy atom. The Morgan fingerprint density at radius 3 is 2.71 bits per heavy atom. The number of amides is 1. The van der Waals surface area contributed by atoms with Crippen LogP contribution in [0.4, 0.5) is 0 Å². The van der Waals surface area contributed by atoms with Gasteiger partial charge in [-0.3, -0.25) is 0 Å². The molecular weight excluding hydrogens is 391 g/mol. The molecule has 0 saturated carbocycles. The molecule has 10 nitrogen and oxygen atoms in total. The quantitative estimate of drug-likeness (QED) is 0.305. The van der Waals surface area contributed by atoms with Gasteiger partial charge < -0.3 is 0 Å². The molecular formula is C17H33N2O8P. The van der Waals surface area contributed by atoms with Gasteiger partial charge in [0.1, 0.15) is 0 Å². The van der Waals surface area contributed by atoms with Crippen molar-refractivity contribution in [3.63, 3.8) is 0 Å². The average Bonchev–Trinajstić information content (AvgIpc) is 2.68. The Balaban J connectivity index is 1.79. The third-order valence-corrected chi connectivity index (χ3v) is 6.32. The second-order valence-corrected chi connectivity index (χ2v) is 9.43. The van der Waals surface area contributed by atoms with Crippen molar-refractivity contribution in [3.8, 4) is 0 Å². The molecule has 1 amide bonds. The number of morpholine rings is 1. The summed E-state index contributed by atoms with van der Waals surface area (Å²) in [7, 11) is -2.61. The molecule has 0 spiro atoms. The number of carbonyl (C=O) groups is 2. The number of ether oxygens (including phenoxy) is 2. The standard InChI is InChI=1S/C17H33N2O8P/c1-17(2)13-26-28(22,25-10-4-7-19-8-11-24-12-9-19)27-15(17)16(21)18-6-5-14(20)23-3/h15,22,28H,4-13H2,1-3H3,(H,18,21)/t15-/m0/s1. The van der Waals surface area contributed by atoms with Gasteiger partial charge in [-0.15, -0.1) is 0 Å². The first-order valence-corrected chi connectivity index (χ1v) is 11.3. The number of rotatable bonds is 9. The fraction of sp³-hybridized carbons (Fsp3) is 0.882. The summed E-state index contributed by atoms with van der Waals surface area (Å²) in [5, 5.41) is 2.64. The molecule has 0 unspecified atom stereocenters. The predicted octanol–water partition coefficient (Wildman–Crippen LogP) is 0.248. The van der Waals surface area contributed by atoms with Crippen molar-refractivity contribution in [2.24, 2.45) is 5.41 Å². The summed E-state index contributed by atoms with van der Waals surface area (Å²) in [6, 6.07) is 0. The van der Waals surface area contributed by atoms with Crippen molar-refractivity contribution in [1.29, 1.82) is 0 Å². The zero-order valence-electron chi connectivity index (χ0n) is 16.9. The molecule has 2 aliphatic rings. The molecule has 2 rings (SSSR count). The molecule has 11 heteroatoms. The van der Waals surface area contributed by atoms with Crippen LogP contribution in [0.1, 0.15) is 26.7 Å². The Kier molecular flexibility index (Phi) is 9.01. The van der Waals surface area contributed by atoms with Crippen LogP contribution in [0.3, 0.4) is 0 Å². The van der Waals surface area contributed by atoms with Gasteiger partial charge in [-0.05, 0) is 0 Å². The van der Waals surface area contributed by atoms with Gasteiger partial charge in [0.2, 0.25) is 0 Å². The number of nitrogens with one attached hydrogen (secondary N) is 1. The average molecular weight is 424 g/mol. The van der Waals surface area contributed by atoms with Crippen LogP contribution in [0.25, 0.3) is 0 Å². The number of nitrogens with zero attached hydrogens (tertiary/aromatic N) is 1. The van der Waals surface area contributed by atoms with E-state index < -0.39 is 31.6 Å². The molecule has 0 radical (unpaired) electrons. The molecule has 2 aliphatic heterocycles. The molecule has 0 aromatic heterocycles. The van der Waals surface area contributed by atoms with Crippen molar-refractivity contribution in [1.82, 2.24) is 10.2 Å². The van der Waals surface area contributed by atoms with Crippen LogP contribution in [-0.4, -0.2) is 87.5 Å². The maximum absolute atomic E-state index is 12.5.